The van der Waals surface area contributed by atoms with E-state index in [1.165, 1.54) is 6.08 Å². The summed E-state index contributed by atoms with van der Waals surface area (Å²) in [6.07, 6.45) is 1.51. The first-order chi connectivity index (χ1) is 15.3. The fourth-order valence-electron chi connectivity index (χ4n) is 3.87. The van der Waals surface area contributed by atoms with Gasteiger partial charge < -0.3 is 9.30 Å². The number of barbiturate groups is 1. The molecule has 1 saturated heterocycles. The summed E-state index contributed by atoms with van der Waals surface area (Å²) in [5.41, 5.74) is 4.54. The number of hydrogen-bond acceptors (Lipinski definition) is 4. The maximum atomic E-state index is 13.3. The van der Waals surface area contributed by atoms with Crippen molar-refractivity contribution in [2.75, 3.05) is 12.0 Å². The Hall–Kier alpha value is -4.13. The maximum Gasteiger partial charge on any atom is 0.335 e. The first-order valence-electron chi connectivity index (χ1n) is 10.1. The number of imide groups is 2. The molecule has 1 fully saturated rings. The number of amides is 4. The number of ether oxygens (including phenoxy) is 1. The predicted octanol–water partition coefficient (Wildman–Crippen LogP) is 4.08. The molecule has 32 heavy (non-hydrogen) atoms. The molecule has 0 aliphatic carbocycles. The van der Waals surface area contributed by atoms with Crippen LogP contribution in [0.4, 0.5) is 10.5 Å². The molecule has 0 radical (unpaired) electrons. The Bertz CT molecular complexity index is 1250. The Balaban J connectivity index is 1.77. The first-order valence-corrected chi connectivity index (χ1v) is 10.1. The zero-order valence-electron chi connectivity index (χ0n) is 18.3. The van der Waals surface area contributed by atoms with Crippen molar-refractivity contribution in [3.8, 4) is 11.4 Å². The molecule has 3 aromatic rings. The molecular weight excluding hydrogens is 406 g/mol. The average Bonchev–Trinajstić information content (AvgIpc) is 3.10. The number of carbonyl (C=O) groups excluding carboxylic acids is 3. The zero-order valence-corrected chi connectivity index (χ0v) is 18.3. The van der Waals surface area contributed by atoms with Crippen molar-refractivity contribution >= 4 is 29.6 Å². The fourth-order valence-corrected chi connectivity index (χ4v) is 3.87. The summed E-state index contributed by atoms with van der Waals surface area (Å²) < 4.78 is 7.14. The highest BCUT2D eigenvalue weighted by molar-refractivity contribution is 6.39. The van der Waals surface area contributed by atoms with Gasteiger partial charge in [-0.25, -0.2) is 9.69 Å². The monoisotopic (exact) mass is 429 g/mol. The molecule has 4 amide bonds. The molecule has 7 nitrogen and oxygen atoms in total. The van der Waals surface area contributed by atoms with Gasteiger partial charge in [0, 0.05) is 17.1 Å². The summed E-state index contributed by atoms with van der Waals surface area (Å²) in [5.74, 6) is -0.660. The van der Waals surface area contributed by atoms with Crippen molar-refractivity contribution < 1.29 is 19.1 Å². The van der Waals surface area contributed by atoms with E-state index in [2.05, 4.69) is 5.32 Å². The van der Waals surface area contributed by atoms with Crippen molar-refractivity contribution in [1.29, 1.82) is 0 Å². The standard InChI is InChI=1S/C25H23N3O4/c1-15-11-16(2)13-20(12-15)28-24(30)22(23(29)26-25(28)31)14-19-6-5-17(3)27(19)18-7-9-21(32-4)10-8-18/h5-14H,1-4H3,(H,26,29,31)/b22-14+. The normalized spacial score (nSPS) is 15.3. The molecule has 7 heteroatoms. The lowest BCUT2D eigenvalue weighted by molar-refractivity contribution is -0.122. The van der Waals surface area contributed by atoms with E-state index >= 15 is 0 Å². The second-order valence-corrected chi connectivity index (χ2v) is 7.74. The maximum absolute atomic E-state index is 13.3. The van der Waals surface area contributed by atoms with Crippen LogP contribution >= 0.6 is 0 Å². The number of nitrogens with zero attached hydrogens (tertiary/aromatic N) is 2. The lowest BCUT2D eigenvalue weighted by Crippen LogP contribution is -2.54. The van der Waals surface area contributed by atoms with Gasteiger partial charge in [-0.2, -0.15) is 0 Å². The zero-order chi connectivity index (χ0) is 23.0. The highest BCUT2D eigenvalue weighted by Gasteiger charge is 2.37. The van der Waals surface area contributed by atoms with Gasteiger partial charge in [0.2, 0.25) is 0 Å². The molecule has 0 unspecified atom stereocenters. The second kappa shape index (κ2) is 8.19. The molecule has 1 aliphatic heterocycles. The topological polar surface area (TPSA) is 80.6 Å². The number of anilines is 1. The minimum Gasteiger partial charge on any atom is -0.497 e. The fraction of sp³-hybridized carbons (Fsp3) is 0.160. The SMILES string of the molecule is COc1ccc(-n2c(C)ccc2/C=C2\C(=O)NC(=O)N(c3cc(C)cc(C)c3)C2=O)cc1. The van der Waals surface area contributed by atoms with E-state index in [9.17, 15) is 14.4 Å². The number of methoxy groups -OCH3 is 1. The van der Waals surface area contributed by atoms with Gasteiger partial charge in [-0.1, -0.05) is 6.07 Å². The van der Waals surface area contributed by atoms with Gasteiger partial charge in [0.05, 0.1) is 12.8 Å². The third kappa shape index (κ3) is 3.80. The highest BCUT2D eigenvalue weighted by Crippen LogP contribution is 2.26. The molecule has 1 aromatic heterocycles. The molecule has 0 bridgehead atoms. The summed E-state index contributed by atoms with van der Waals surface area (Å²) >= 11 is 0. The summed E-state index contributed by atoms with van der Waals surface area (Å²) in [6.45, 7) is 5.70. The summed E-state index contributed by atoms with van der Waals surface area (Å²) in [4.78, 5) is 39.4. The summed E-state index contributed by atoms with van der Waals surface area (Å²) in [7, 11) is 1.60. The van der Waals surface area contributed by atoms with Crippen molar-refractivity contribution in [3.63, 3.8) is 0 Å². The molecule has 4 rings (SSSR count). The number of urea groups is 1. The number of aryl methyl sites for hydroxylation is 3. The third-order valence-corrected chi connectivity index (χ3v) is 5.30. The predicted molar refractivity (Wildman–Crippen MR) is 122 cm³/mol. The smallest absolute Gasteiger partial charge is 0.335 e. The van der Waals surface area contributed by atoms with Gasteiger partial charge in [-0.05, 0) is 86.5 Å². The second-order valence-electron chi connectivity index (χ2n) is 7.74. The van der Waals surface area contributed by atoms with Gasteiger partial charge in [-0.15, -0.1) is 0 Å². The third-order valence-electron chi connectivity index (χ3n) is 5.30. The van der Waals surface area contributed by atoms with Crippen molar-refractivity contribution in [3.05, 3.63) is 82.7 Å². The van der Waals surface area contributed by atoms with Crippen LogP contribution in [0.3, 0.4) is 0 Å². The number of benzene rings is 2. The van der Waals surface area contributed by atoms with Crippen LogP contribution in [0.15, 0.2) is 60.2 Å². The van der Waals surface area contributed by atoms with Crippen LogP contribution in [0.2, 0.25) is 0 Å². The van der Waals surface area contributed by atoms with Crippen LogP contribution in [0, 0.1) is 20.8 Å². The molecule has 0 saturated carbocycles. The molecule has 2 aromatic carbocycles. The van der Waals surface area contributed by atoms with E-state index in [0.717, 1.165) is 33.2 Å². The minimum atomic E-state index is -0.760. The summed E-state index contributed by atoms with van der Waals surface area (Å²) in [5, 5.41) is 2.28. The van der Waals surface area contributed by atoms with Crippen LogP contribution in [-0.2, 0) is 9.59 Å². The Morgan fingerprint density at radius 1 is 0.844 bits per heavy atom. The van der Waals surface area contributed by atoms with Gasteiger partial charge in [0.15, 0.2) is 0 Å². The average molecular weight is 429 g/mol. The van der Waals surface area contributed by atoms with E-state index in [-0.39, 0.29) is 5.57 Å². The Labute approximate surface area is 185 Å². The molecule has 0 spiro atoms. The van der Waals surface area contributed by atoms with E-state index < -0.39 is 17.8 Å². The van der Waals surface area contributed by atoms with Crippen molar-refractivity contribution in [1.82, 2.24) is 9.88 Å². The Morgan fingerprint density at radius 2 is 1.50 bits per heavy atom. The molecule has 2 heterocycles. The van der Waals surface area contributed by atoms with E-state index in [1.54, 1.807) is 19.2 Å². The molecule has 1 aliphatic rings. The summed E-state index contributed by atoms with van der Waals surface area (Å²) in [6, 6.07) is 15.8. The lowest BCUT2D eigenvalue weighted by Gasteiger charge is -2.27. The number of carbonyl (C=O) groups is 3. The first kappa shape index (κ1) is 21.1. The Morgan fingerprint density at radius 3 is 2.12 bits per heavy atom. The lowest BCUT2D eigenvalue weighted by atomic mass is 10.1. The van der Waals surface area contributed by atoms with Gasteiger partial charge in [0.25, 0.3) is 11.8 Å². The van der Waals surface area contributed by atoms with Gasteiger partial charge in [-0.3, -0.25) is 14.9 Å². The van der Waals surface area contributed by atoms with Crippen molar-refractivity contribution in [2.45, 2.75) is 20.8 Å². The van der Waals surface area contributed by atoms with E-state index in [1.807, 2.05) is 67.8 Å². The molecule has 0 atom stereocenters. The van der Waals surface area contributed by atoms with Crippen molar-refractivity contribution in [2.24, 2.45) is 0 Å². The van der Waals surface area contributed by atoms with E-state index in [4.69, 9.17) is 4.74 Å². The van der Waals surface area contributed by atoms with Gasteiger partial charge in [0.1, 0.15) is 11.3 Å². The molecule has 162 valence electrons. The van der Waals surface area contributed by atoms with Crippen LogP contribution in [0.25, 0.3) is 11.8 Å². The van der Waals surface area contributed by atoms with E-state index in [0.29, 0.717) is 11.4 Å². The number of hydrogen-bond donors (Lipinski definition) is 1. The van der Waals surface area contributed by atoms with Crippen LogP contribution in [0.1, 0.15) is 22.5 Å². The Kier molecular flexibility index (Phi) is 5.40. The minimum absolute atomic E-state index is 0.114. The largest absolute Gasteiger partial charge is 0.497 e. The highest BCUT2D eigenvalue weighted by atomic mass is 16.5. The number of rotatable bonds is 4. The number of nitrogens with one attached hydrogen (secondary N) is 1. The van der Waals surface area contributed by atoms with Gasteiger partial charge >= 0.3 is 6.03 Å². The van der Waals surface area contributed by atoms with Crippen LogP contribution in [-0.4, -0.2) is 29.5 Å². The van der Waals surface area contributed by atoms with Crippen LogP contribution < -0.4 is 15.0 Å². The molecular formula is C25H23N3O4. The quantitative estimate of drug-likeness (QED) is 0.501. The molecule has 1 N–H and O–H groups in total. The van der Waals surface area contributed by atoms with Crippen LogP contribution in [0.5, 0.6) is 5.75 Å². The number of aromatic nitrogens is 1.